The largest absolute Gasteiger partial charge is 0.497 e. The maximum atomic E-state index is 11.4. The van der Waals surface area contributed by atoms with Gasteiger partial charge in [-0.3, -0.25) is 4.79 Å². The molecule has 1 aromatic rings. The van der Waals surface area contributed by atoms with Crippen molar-refractivity contribution in [1.82, 2.24) is 5.32 Å². The lowest BCUT2D eigenvalue weighted by Gasteiger charge is -2.13. The van der Waals surface area contributed by atoms with Gasteiger partial charge in [0, 0.05) is 30.5 Å². The number of hydrogen-bond acceptors (Lipinski definition) is 3. The van der Waals surface area contributed by atoms with Gasteiger partial charge in [-0.05, 0) is 18.6 Å². The zero-order valence-corrected chi connectivity index (χ0v) is 12.1. The molecule has 0 aliphatic carbocycles. The number of carbonyl (C=O) groups is 1. The van der Waals surface area contributed by atoms with Gasteiger partial charge in [0.25, 0.3) is 0 Å². The molecule has 0 spiro atoms. The molecule has 0 aliphatic heterocycles. The maximum absolute atomic E-state index is 11.4. The number of amides is 1. The summed E-state index contributed by atoms with van der Waals surface area (Å²) in [6, 6.07) is 5.57. The Bertz CT molecular complexity index is 410. The van der Waals surface area contributed by atoms with Crippen LogP contribution in [0.15, 0.2) is 18.2 Å². The molecule has 4 nitrogen and oxygen atoms in total. The molecule has 0 aromatic heterocycles. The summed E-state index contributed by atoms with van der Waals surface area (Å²) in [6.07, 6.45) is 1.25. The molecule has 19 heavy (non-hydrogen) atoms. The van der Waals surface area contributed by atoms with Crippen molar-refractivity contribution in [2.45, 2.75) is 26.3 Å². The number of halogens is 1. The Kier molecular flexibility index (Phi) is 7.11. The minimum absolute atomic E-state index is 0.0627. The first kappa shape index (κ1) is 15.6. The second kappa shape index (κ2) is 8.64. The Morgan fingerprint density at radius 1 is 1.42 bits per heavy atom. The van der Waals surface area contributed by atoms with E-state index in [0.717, 1.165) is 23.5 Å². The van der Waals surface area contributed by atoms with E-state index in [1.54, 1.807) is 7.11 Å². The zero-order valence-electron chi connectivity index (χ0n) is 11.4. The lowest BCUT2D eigenvalue weighted by molar-refractivity contribution is -0.120. The van der Waals surface area contributed by atoms with Crippen LogP contribution < -0.4 is 14.8 Å². The summed E-state index contributed by atoms with van der Waals surface area (Å²) in [6.45, 7) is 3.11. The van der Waals surface area contributed by atoms with Gasteiger partial charge in [-0.1, -0.05) is 6.92 Å². The molecule has 0 atom stereocenters. The Hall–Kier alpha value is -1.42. The van der Waals surface area contributed by atoms with E-state index in [-0.39, 0.29) is 5.91 Å². The molecular weight excluding hydrogens is 266 g/mol. The summed E-state index contributed by atoms with van der Waals surface area (Å²) < 4.78 is 10.8. The van der Waals surface area contributed by atoms with Gasteiger partial charge in [0.2, 0.25) is 5.91 Å². The molecule has 0 saturated carbocycles. The van der Waals surface area contributed by atoms with Crippen molar-refractivity contribution in [3.8, 4) is 11.5 Å². The number of benzene rings is 1. The molecule has 0 fully saturated rings. The summed E-state index contributed by atoms with van der Waals surface area (Å²) in [5.74, 6) is 1.75. The van der Waals surface area contributed by atoms with Gasteiger partial charge in [0.15, 0.2) is 0 Å². The lowest BCUT2D eigenvalue weighted by Crippen LogP contribution is -2.23. The Morgan fingerprint density at radius 3 is 2.84 bits per heavy atom. The molecule has 1 rings (SSSR count). The fourth-order valence-electron chi connectivity index (χ4n) is 1.52. The van der Waals surface area contributed by atoms with Gasteiger partial charge in [-0.2, -0.15) is 0 Å². The van der Waals surface area contributed by atoms with Gasteiger partial charge >= 0.3 is 0 Å². The first-order valence-electron chi connectivity index (χ1n) is 6.33. The minimum atomic E-state index is -0.0627. The summed E-state index contributed by atoms with van der Waals surface area (Å²) in [7, 11) is 1.61. The number of methoxy groups -OCH3 is 1. The van der Waals surface area contributed by atoms with Crippen molar-refractivity contribution in [3.63, 3.8) is 0 Å². The van der Waals surface area contributed by atoms with Crippen LogP contribution in [0.3, 0.4) is 0 Å². The molecule has 0 heterocycles. The molecule has 106 valence electrons. The molecule has 1 N–H and O–H groups in total. The molecular formula is C14H20ClNO3. The highest BCUT2D eigenvalue weighted by molar-refractivity contribution is 6.18. The molecule has 1 amide bonds. The van der Waals surface area contributed by atoms with Crippen LogP contribution >= 0.6 is 11.6 Å². The van der Waals surface area contributed by atoms with Crippen molar-refractivity contribution in [1.29, 1.82) is 0 Å². The van der Waals surface area contributed by atoms with Gasteiger partial charge in [0.05, 0.1) is 13.7 Å². The van der Waals surface area contributed by atoms with Gasteiger partial charge in [-0.15, -0.1) is 11.6 Å². The van der Waals surface area contributed by atoms with Crippen LogP contribution in [0, 0.1) is 0 Å². The van der Waals surface area contributed by atoms with E-state index in [2.05, 4.69) is 5.32 Å². The Morgan fingerprint density at radius 2 is 2.21 bits per heavy atom. The van der Waals surface area contributed by atoms with E-state index in [0.29, 0.717) is 25.5 Å². The predicted octanol–water partition coefficient (Wildman–Crippen LogP) is 2.73. The average molecular weight is 286 g/mol. The van der Waals surface area contributed by atoms with Crippen LogP contribution in [0.2, 0.25) is 0 Å². The second-order valence-corrected chi connectivity index (χ2v) is 4.42. The van der Waals surface area contributed by atoms with Gasteiger partial charge in [-0.25, -0.2) is 0 Å². The summed E-state index contributed by atoms with van der Waals surface area (Å²) in [5, 5.41) is 2.81. The highest BCUT2D eigenvalue weighted by Crippen LogP contribution is 2.25. The molecule has 5 heteroatoms. The van der Waals surface area contributed by atoms with Crippen LogP contribution in [-0.4, -0.2) is 25.5 Å². The van der Waals surface area contributed by atoms with E-state index in [9.17, 15) is 4.79 Å². The topological polar surface area (TPSA) is 47.6 Å². The second-order valence-electron chi connectivity index (χ2n) is 4.04. The van der Waals surface area contributed by atoms with Crippen LogP contribution in [0.25, 0.3) is 0 Å². The number of carbonyl (C=O) groups excluding carboxylic acids is 1. The van der Waals surface area contributed by atoms with Crippen molar-refractivity contribution in [3.05, 3.63) is 23.8 Å². The number of rotatable bonds is 8. The lowest BCUT2D eigenvalue weighted by atomic mass is 10.2. The molecule has 0 saturated heterocycles. The highest BCUT2D eigenvalue weighted by atomic mass is 35.5. The molecule has 0 aliphatic rings. The molecule has 1 aromatic carbocycles. The van der Waals surface area contributed by atoms with Crippen LogP contribution in [0.4, 0.5) is 0 Å². The highest BCUT2D eigenvalue weighted by Gasteiger charge is 2.07. The Balaban J connectivity index is 2.71. The maximum Gasteiger partial charge on any atom is 0.221 e. The molecule has 0 radical (unpaired) electrons. The van der Waals surface area contributed by atoms with E-state index in [1.807, 2.05) is 25.1 Å². The quantitative estimate of drug-likeness (QED) is 0.747. The van der Waals surface area contributed by atoms with Crippen molar-refractivity contribution < 1.29 is 14.3 Å². The Labute approximate surface area is 119 Å². The normalized spacial score (nSPS) is 10.1. The molecule has 0 bridgehead atoms. The van der Waals surface area contributed by atoms with Crippen molar-refractivity contribution >= 4 is 17.5 Å². The summed E-state index contributed by atoms with van der Waals surface area (Å²) in [5.41, 5.74) is 0.928. The third-order valence-corrected chi connectivity index (χ3v) is 2.72. The predicted molar refractivity (Wildman–Crippen MR) is 76.0 cm³/mol. The van der Waals surface area contributed by atoms with E-state index in [1.165, 1.54) is 0 Å². The number of nitrogens with one attached hydrogen (secondary N) is 1. The van der Waals surface area contributed by atoms with Crippen LogP contribution in [0.1, 0.15) is 25.3 Å². The van der Waals surface area contributed by atoms with Crippen molar-refractivity contribution in [2.75, 3.05) is 19.6 Å². The minimum Gasteiger partial charge on any atom is -0.497 e. The van der Waals surface area contributed by atoms with Crippen molar-refractivity contribution in [2.24, 2.45) is 0 Å². The smallest absolute Gasteiger partial charge is 0.221 e. The number of alkyl halides is 1. The first-order chi connectivity index (χ1) is 9.21. The van der Waals surface area contributed by atoms with E-state index < -0.39 is 0 Å². The van der Waals surface area contributed by atoms with E-state index >= 15 is 0 Å². The first-order valence-corrected chi connectivity index (χ1v) is 6.87. The SMILES string of the molecule is CCCOc1cc(OC)ccc1CNC(=O)CCCl. The zero-order chi connectivity index (χ0) is 14.1. The summed E-state index contributed by atoms with van der Waals surface area (Å²) in [4.78, 5) is 11.4. The number of ether oxygens (including phenoxy) is 2. The summed E-state index contributed by atoms with van der Waals surface area (Å²) >= 11 is 5.52. The fourth-order valence-corrected chi connectivity index (χ4v) is 1.69. The van der Waals surface area contributed by atoms with Gasteiger partial charge < -0.3 is 14.8 Å². The third-order valence-electron chi connectivity index (χ3n) is 2.53. The van der Waals surface area contributed by atoms with Gasteiger partial charge in [0.1, 0.15) is 11.5 Å². The molecule has 0 unspecified atom stereocenters. The van der Waals surface area contributed by atoms with E-state index in [4.69, 9.17) is 21.1 Å². The average Bonchev–Trinajstić information content (AvgIpc) is 2.43. The van der Waals surface area contributed by atoms with Crippen LogP contribution in [-0.2, 0) is 11.3 Å². The standard InChI is InChI=1S/C14H20ClNO3/c1-3-8-19-13-9-12(18-2)5-4-11(13)10-16-14(17)6-7-15/h4-5,9H,3,6-8,10H2,1-2H3,(H,16,17). The third kappa shape index (κ3) is 5.39. The number of hydrogen-bond donors (Lipinski definition) is 1. The van der Waals surface area contributed by atoms with Crippen LogP contribution in [0.5, 0.6) is 11.5 Å². The monoisotopic (exact) mass is 285 g/mol. The fraction of sp³-hybridized carbons (Fsp3) is 0.500.